The fourth-order valence-electron chi connectivity index (χ4n) is 5.49. The smallest absolute Gasteiger partial charge is 0.138 e. The highest BCUT2D eigenvalue weighted by molar-refractivity contribution is 5.88. The minimum Gasteiger partial charge on any atom is -0.457 e. The van der Waals surface area contributed by atoms with E-state index in [0.29, 0.717) is 0 Å². The fraction of sp³-hybridized carbons (Fsp3) is 0.0500. The van der Waals surface area contributed by atoms with Crippen molar-refractivity contribution in [2.45, 2.75) is 13.8 Å². The molecule has 222 valence electrons. The molecule has 0 fully saturated rings. The molecule has 6 heteroatoms. The predicted octanol–water partition coefficient (Wildman–Crippen LogP) is 10.6. The van der Waals surface area contributed by atoms with Gasteiger partial charge in [0.05, 0.1) is 22.1 Å². The van der Waals surface area contributed by atoms with Crippen molar-refractivity contribution in [3.05, 3.63) is 145 Å². The van der Waals surface area contributed by atoms with E-state index in [2.05, 4.69) is 60.2 Å². The standard InChI is InChI=1S/C40H30N4O2/c1-25-3-13-31(14-4-25)45-33-17-7-27(8-18-33)39-41-35-21-11-29(23-37(35)43-39)30-12-22-36-38(24-30)44-40(42-36)28-9-19-34(20-10-28)46-32-15-5-26(2)6-16-32/h3-24H,1-2H3,(H,41,43)(H,42,44). The second-order valence-electron chi connectivity index (χ2n) is 11.5. The predicted molar refractivity (Wildman–Crippen MR) is 185 cm³/mol. The fourth-order valence-corrected chi connectivity index (χ4v) is 5.49. The Bertz CT molecular complexity index is 2130. The molecule has 2 N–H and O–H groups in total. The molecular weight excluding hydrogens is 568 g/mol. The molecule has 0 radical (unpaired) electrons. The number of hydrogen-bond donors (Lipinski definition) is 2. The van der Waals surface area contributed by atoms with Crippen LogP contribution in [-0.2, 0) is 0 Å². The van der Waals surface area contributed by atoms with Crippen molar-refractivity contribution in [3.63, 3.8) is 0 Å². The van der Waals surface area contributed by atoms with Gasteiger partial charge in [0.25, 0.3) is 0 Å². The Balaban J connectivity index is 1.000. The van der Waals surface area contributed by atoms with Crippen LogP contribution in [0.3, 0.4) is 0 Å². The molecule has 0 amide bonds. The minimum absolute atomic E-state index is 0.784. The van der Waals surface area contributed by atoms with E-state index in [-0.39, 0.29) is 0 Å². The van der Waals surface area contributed by atoms with Gasteiger partial charge in [-0.3, -0.25) is 0 Å². The average molecular weight is 599 g/mol. The van der Waals surface area contributed by atoms with Gasteiger partial charge in [-0.05, 0) is 122 Å². The first kappa shape index (κ1) is 27.4. The third-order valence-corrected chi connectivity index (χ3v) is 8.07. The van der Waals surface area contributed by atoms with Crippen molar-refractivity contribution >= 4 is 22.1 Å². The highest BCUT2D eigenvalue weighted by atomic mass is 16.5. The second kappa shape index (κ2) is 11.4. The molecule has 0 saturated carbocycles. The number of fused-ring (bicyclic) bond motifs is 2. The highest BCUT2D eigenvalue weighted by Gasteiger charge is 2.11. The van der Waals surface area contributed by atoms with E-state index in [4.69, 9.17) is 19.4 Å². The molecule has 8 aromatic rings. The van der Waals surface area contributed by atoms with E-state index >= 15 is 0 Å². The first-order chi connectivity index (χ1) is 22.5. The third kappa shape index (κ3) is 5.60. The Labute approximate surface area is 266 Å². The van der Waals surface area contributed by atoms with Crippen LogP contribution in [-0.4, -0.2) is 19.9 Å². The molecule has 8 rings (SSSR count). The number of nitrogens with one attached hydrogen (secondary N) is 2. The van der Waals surface area contributed by atoms with E-state index in [0.717, 1.165) is 79.0 Å². The number of aromatic amines is 2. The molecule has 0 atom stereocenters. The minimum atomic E-state index is 0.784. The van der Waals surface area contributed by atoms with Gasteiger partial charge in [0, 0.05) is 11.1 Å². The lowest BCUT2D eigenvalue weighted by Crippen LogP contribution is -1.85. The van der Waals surface area contributed by atoms with E-state index < -0.39 is 0 Å². The van der Waals surface area contributed by atoms with Crippen LogP contribution in [0.2, 0.25) is 0 Å². The van der Waals surface area contributed by atoms with Crippen molar-refractivity contribution < 1.29 is 9.47 Å². The monoisotopic (exact) mass is 598 g/mol. The summed E-state index contributed by atoms with van der Waals surface area (Å²) in [7, 11) is 0. The van der Waals surface area contributed by atoms with Crippen molar-refractivity contribution in [1.29, 1.82) is 0 Å². The summed E-state index contributed by atoms with van der Waals surface area (Å²) < 4.78 is 12.0. The molecule has 2 heterocycles. The van der Waals surface area contributed by atoms with Crippen LogP contribution < -0.4 is 9.47 Å². The zero-order valence-electron chi connectivity index (χ0n) is 25.4. The van der Waals surface area contributed by atoms with Crippen molar-refractivity contribution in [1.82, 2.24) is 19.9 Å². The summed E-state index contributed by atoms with van der Waals surface area (Å²) in [5.41, 5.74) is 10.4. The number of hydrogen-bond acceptors (Lipinski definition) is 4. The third-order valence-electron chi connectivity index (χ3n) is 8.07. The van der Waals surface area contributed by atoms with E-state index in [1.54, 1.807) is 0 Å². The van der Waals surface area contributed by atoms with Crippen molar-refractivity contribution in [3.8, 4) is 56.9 Å². The Morgan fingerprint density at radius 1 is 0.391 bits per heavy atom. The normalized spacial score (nSPS) is 11.3. The number of aryl methyl sites for hydroxylation is 2. The number of rotatable bonds is 7. The van der Waals surface area contributed by atoms with Gasteiger partial charge in [0.1, 0.15) is 34.6 Å². The summed E-state index contributed by atoms with van der Waals surface area (Å²) in [6.45, 7) is 4.13. The SMILES string of the molecule is Cc1ccc(Oc2ccc(-c3nc4cc(-c5ccc6nc(-c7ccc(Oc8ccc(C)cc8)cc7)[nH]c6c5)ccc4[nH]3)cc2)cc1. The molecule has 0 unspecified atom stereocenters. The van der Waals surface area contributed by atoms with Crippen molar-refractivity contribution in [2.24, 2.45) is 0 Å². The summed E-state index contributed by atoms with van der Waals surface area (Å²) in [6, 6.07) is 44.7. The maximum atomic E-state index is 5.99. The van der Waals surface area contributed by atoms with E-state index in [1.807, 2.05) is 97.1 Å². The van der Waals surface area contributed by atoms with Crippen LogP contribution in [0.4, 0.5) is 0 Å². The molecule has 0 bridgehead atoms. The van der Waals surface area contributed by atoms with Gasteiger partial charge in [-0.2, -0.15) is 0 Å². The molecule has 46 heavy (non-hydrogen) atoms. The zero-order valence-corrected chi connectivity index (χ0v) is 25.4. The van der Waals surface area contributed by atoms with Crippen molar-refractivity contribution in [2.75, 3.05) is 0 Å². The zero-order chi connectivity index (χ0) is 31.0. The molecule has 0 spiro atoms. The number of imidazole rings is 2. The first-order valence-corrected chi connectivity index (χ1v) is 15.2. The topological polar surface area (TPSA) is 75.8 Å². The number of benzene rings is 6. The molecule has 0 aliphatic heterocycles. The summed E-state index contributed by atoms with van der Waals surface area (Å²) in [4.78, 5) is 16.7. The molecule has 0 saturated heterocycles. The van der Waals surface area contributed by atoms with Gasteiger partial charge in [0.15, 0.2) is 0 Å². The highest BCUT2D eigenvalue weighted by Crippen LogP contribution is 2.31. The summed E-state index contributed by atoms with van der Waals surface area (Å²) >= 11 is 0. The van der Waals surface area contributed by atoms with Crippen LogP contribution in [0.1, 0.15) is 11.1 Å². The Kier molecular flexibility index (Phi) is 6.80. The number of aromatic nitrogens is 4. The quantitative estimate of drug-likeness (QED) is 0.191. The summed E-state index contributed by atoms with van der Waals surface area (Å²) in [5.74, 6) is 4.84. The molecule has 0 aliphatic rings. The van der Waals surface area contributed by atoms with Gasteiger partial charge < -0.3 is 19.4 Å². The van der Waals surface area contributed by atoms with Gasteiger partial charge in [-0.25, -0.2) is 9.97 Å². The van der Waals surface area contributed by atoms with Gasteiger partial charge in [-0.15, -0.1) is 0 Å². The Morgan fingerprint density at radius 3 is 1.35 bits per heavy atom. The lowest BCUT2D eigenvalue weighted by atomic mass is 10.0. The summed E-state index contributed by atoms with van der Waals surface area (Å²) in [6.07, 6.45) is 0. The lowest BCUT2D eigenvalue weighted by Gasteiger charge is -2.06. The van der Waals surface area contributed by atoms with Gasteiger partial charge in [-0.1, -0.05) is 47.5 Å². The van der Waals surface area contributed by atoms with Crippen LogP contribution in [0.15, 0.2) is 133 Å². The van der Waals surface area contributed by atoms with E-state index in [9.17, 15) is 0 Å². The molecular formula is C40H30N4O2. The van der Waals surface area contributed by atoms with Crippen LogP contribution in [0.25, 0.3) is 56.0 Å². The summed E-state index contributed by atoms with van der Waals surface area (Å²) in [5, 5.41) is 0. The number of H-pyrrole nitrogens is 2. The maximum absolute atomic E-state index is 5.99. The van der Waals surface area contributed by atoms with Gasteiger partial charge >= 0.3 is 0 Å². The second-order valence-corrected chi connectivity index (χ2v) is 11.5. The van der Waals surface area contributed by atoms with Crippen LogP contribution in [0, 0.1) is 13.8 Å². The molecule has 2 aromatic heterocycles. The van der Waals surface area contributed by atoms with Crippen LogP contribution >= 0.6 is 0 Å². The molecule has 6 nitrogen and oxygen atoms in total. The first-order valence-electron chi connectivity index (χ1n) is 15.2. The molecule has 6 aromatic carbocycles. The van der Waals surface area contributed by atoms with Crippen LogP contribution in [0.5, 0.6) is 23.0 Å². The van der Waals surface area contributed by atoms with Gasteiger partial charge in [0.2, 0.25) is 0 Å². The van der Waals surface area contributed by atoms with E-state index in [1.165, 1.54) is 11.1 Å². The average Bonchev–Trinajstić information content (AvgIpc) is 3.71. The number of nitrogens with zero attached hydrogens (tertiary/aromatic N) is 2. The Hall–Kier alpha value is -6.14. The maximum Gasteiger partial charge on any atom is 0.138 e. The Morgan fingerprint density at radius 2 is 0.804 bits per heavy atom. The lowest BCUT2D eigenvalue weighted by molar-refractivity contribution is 0.482. The number of ether oxygens (including phenoxy) is 2. The molecule has 0 aliphatic carbocycles. The largest absolute Gasteiger partial charge is 0.457 e.